The van der Waals surface area contributed by atoms with E-state index in [2.05, 4.69) is 0 Å². The average molecular weight is 446 g/mol. The number of carbonyl (C=O) groups is 1. The number of aliphatic hydroxyl groups excluding tert-OH is 1. The Balaban J connectivity index is 2.35. The maximum Gasteiger partial charge on any atom is 0.406 e. The Bertz CT molecular complexity index is 1070. The number of anilines is 1. The number of aromatic carboxylic acids is 1. The number of pyridine rings is 1. The molecular weight excluding hydrogens is 424 g/mol. The number of fused-ring (bicyclic) bond motifs is 1. The van der Waals surface area contributed by atoms with E-state index in [1.54, 1.807) is 18.7 Å². The van der Waals surface area contributed by atoms with Gasteiger partial charge in [-0.05, 0) is 17.9 Å². The number of hydrogen-bond donors (Lipinski definition) is 2. The first kappa shape index (κ1) is 22.9. The Morgan fingerprint density at radius 1 is 1.26 bits per heavy atom. The highest BCUT2D eigenvalue weighted by molar-refractivity contribution is 5.97. The Morgan fingerprint density at radius 2 is 1.84 bits per heavy atom. The number of methoxy groups -OCH3 is 1. The molecule has 2 aromatic rings. The van der Waals surface area contributed by atoms with Gasteiger partial charge < -0.3 is 24.4 Å². The van der Waals surface area contributed by atoms with E-state index in [1.165, 1.54) is 0 Å². The van der Waals surface area contributed by atoms with Crippen molar-refractivity contribution in [3.63, 3.8) is 0 Å². The molecule has 0 saturated carbocycles. The SMILES string of the molecule is COc1c(N2C[C@@H](C)C(O)[C@@H](C)C2)c(F)cc2c(=O)c(C(=O)O)cn(CC(F)(F)F)c12. The summed E-state index contributed by atoms with van der Waals surface area (Å²) in [5.41, 5.74) is -2.51. The maximum atomic E-state index is 15.2. The van der Waals surface area contributed by atoms with Crippen molar-refractivity contribution >= 4 is 22.6 Å². The van der Waals surface area contributed by atoms with E-state index in [9.17, 15) is 33.0 Å². The standard InChI is InChI=1S/C20H22F4N2O5/c1-9-5-25(6-10(2)16(9)27)15-13(21)4-11-14(18(15)31-3)26(8-20(22,23)24)7-12(17(11)28)19(29)30/h4,7,9-10,16,27H,5-6,8H2,1-3H3,(H,29,30)/t9-,10+,16?. The Labute approximate surface area is 174 Å². The molecule has 1 unspecified atom stereocenters. The summed E-state index contributed by atoms with van der Waals surface area (Å²) in [5, 5.41) is 18.9. The van der Waals surface area contributed by atoms with Crippen molar-refractivity contribution in [2.24, 2.45) is 11.8 Å². The van der Waals surface area contributed by atoms with Gasteiger partial charge in [-0.15, -0.1) is 0 Å². The molecule has 0 aliphatic carbocycles. The van der Waals surface area contributed by atoms with E-state index in [0.717, 1.165) is 13.2 Å². The van der Waals surface area contributed by atoms with E-state index in [0.29, 0.717) is 10.8 Å². The van der Waals surface area contributed by atoms with Gasteiger partial charge in [-0.1, -0.05) is 13.8 Å². The largest absolute Gasteiger partial charge is 0.492 e. The van der Waals surface area contributed by atoms with Crippen molar-refractivity contribution in [2.75, 3.05) is 25.1 Å². The van der Waals surface area contributed by atoms with Crippen LogP contribution >= 0.6 is 0 Å². The summed E-state index contributed by atoms with van der Waals surface area (Å²) < 4.78 is 60.7. The summed E-state index contributed by atoms with van der Waals surface area (Å²) in [6.45, 7) is 2.34. The van der Waals surface area contributed by atoms with E-state index in [4.69, 9.17) is 4.74 Å². The summed E-state index contributed by atoms with van der Waals surface area (Å²) in [6, 6.07) is 0.745. The number of carboxylic acids is 1. The number of hydrogen-bond acceptors (Lipinski definition) is 5. The number of aliphatic hydroxyl groups is 1. The van der Waals surface area contributed by atoms with E-state index in [1.807, 2.05) is 0 Å². The molecule has 0 radical (unpaired) electrons. The zero-order valence-electron chi connectivity index (χ0n) is 17.0. The highest BCUT2D eigenvalue weighted by Crippen LogP contribution is 2.41. The minimum absolute atomic E-state index is 0.140. The molecule has 3 atom stereocenters. The van der Waals surface area contributed by atoms with Crippen molar-refractivity contribution < 1.29 is 37.3 Å². The highest BCUT2D eigenvalue weighted by Gasteiger charge is 2.35. The molecule has 2 heterocycles. The number of alkyl halides is 3. The van der Waals surface area contributed by atoms with Crippen LogP contribution in [0.5, 0.6) is 5.75 Å². The molecule has 0 bridgehead atoms. The second-order valence-corrected chi connectivity index (χ2v) is 7.91. The molecule has 1 fully saturated rings. The fourth-order valence-corrected chi connectivity index (χ4v) is 4.18. The van der Waals surface area contributed by atoms with Gasteiger partial charge >= 0.3 is 12.1 Å². The highest BCUT2D eigenvalue weighted by atomic mass is 19.4. The van der Waals surface area contributed by atoms with Gasteiger partial charge in [-0.3, -0.25) is 4.79 Å². The quantitative estimate of drug-likeness (QED) is 0.702. The first-order valence-electron chi connectivity index (χ1n) is 9.52. The summed E-state index contributed by atoms with van der Waals surface area (Å²) in [4.78, 5) is 25.5. The monoisotopic (exact) mass is 446 g/mol. The zero-order chi connectivity index (χ0) is 23.2. The number of rotatable bonds is 4. The van der Waals surface area contributed by atoms with Crippen LogP contribution in [-0.4, -0.2) is 53.2 Å². The predicted octanol–water partition coefficient (Wildman–Crippen LogP) is 2.86. The summed E-state index contributed by atoms with van der Waals surface area (Å²) >= 11 is 0. The topological polar surface area (TPSA) is 92.0 Å². The minimum Gasteiger partial charge on any atom is -0.492 e. The molecule has 11 heteroatoms. The smallest absolute Gasteiger partial charge is 0.406 e. The van der Waals surface area contributed by atoms with Crippen LogP contribution in [0.3, 0.4) is 0 Å². The predicted molar refractivity (Wildman–Crippen MR) is 104 cm³/mol. The fraction of sp³-hybridized carbons (Fsp3) is 0.500. The number of benzene rings is 1. The third-order valence-corrected chi connectivity index (χ3v) is 5.53. The molecule has 1 aromatic heterocycles. The molecule has 31 heavy (non-hydrogen) atoms. The molecule has 1 aliphatic heterocycles. The van der Waals surface area contributed by atoms with Crippen LogP contribution in [0, 0.1) is 17.7 Å². The van der Waals surface area contributed by atoms with Crippen LogP contribution in [0.4, 0.5) is 23.2 Å². The van der Waals surface area contributed by atoms with E-state index >= 15 is 4.39 Å². The molecule has 0 spiro atoms. The lowest BCUT2D eigenvalue weighted by atomic mass is 9.88. The molecule has 2 N–H and O–H groups in total. The normalized spacial score (nSPS) is 22.1. The summed E-state index contributed by atoms with van der Waals surface area (Å²) in [7, 11) is 1.14. The summed E-state index contributed by atoms with van der Waals surface area (Å²) in [5.74, 6) is -3.47. The number of ether oxygens (including phenoxy) is 1. The van der Waals surface area contributed by atoms with E-state index < -0.39 is 47.0 Å². The van der Waals surface area contributed by atoms with Crippen molar-refractivity contribution in [3.8, 4) is 5.75 Å². The first-order valence-corrected chi connectivity index (χ1v) is 9.52. The van der Waals surface area contributed by atoms with Gasteiger partial charge in [0.05, 0.1) is 24.1 Å². The third kappa shape index (κ3) is 4.18. The number of halogens is 4. The van der Waals surface area contributed by atoms with Crippen molar-refractivity contribution in [1.82, 2.24) is 4.57 Å². The Hall–Kier alpha value is -2.82. The van der Waals surface area contributed by atoms with Crippen molar-refractivity contribution in [2.45, 2.75) is 32.7 Å². The average Bonchev–Trinajstić information content (AvgIpc) is 2.65. The van der Waals surface area contributed by atoms with Gasteiger partial charge in [-0.2, -0.15) is 13.2 Å². The number of piperidine rings is 1. The van der Waals surface area contributed by atoms with Gasteiger partial charge in [0.25, 0.3) is 0 Å². The van der Waals surface area contributed by atoms with Gasteiger partial charge in [0.1, 0.15) is 17.8 Å². The van der Waals surface area contributed by atoms with Crippen LogP contribution in [-0.2, 0) is 6.54 Å². The Kier molecular flexibility index (Phi) is 5.92. The fourth-order valence-electron chi connectivity index (χ4n) is 4.18. The second-order valence-electron chi connectivity index (χ2n) is 7.91. The summed E-state index contributed by atoms with van der Waals surface area (Å²) in [6.07, 6.45) is -4.78. The third-order valence-electron chi connectivity index (χ3n) is 5.53. The van der Waals surface area contributed by atoms with Crippen LogP contribution in [0.15, 0.2) is 17.1 Å². The minimum atomic E-state index is -4.74. The Morgan fingerprint density at radius 3 is 2.32 bits per heavy atom. The molecule has 170 valence electrons. The molecular formula is C20H22F4N2O5. The van der Waals surface area contributed by atoms with Crippen molar-refractivity contribution in [3.05, 3.63) is 33.9 Å². The molecule has 3 rings (SSSR count). The maximum absolute atomic E-state index is 15.2. The molecule has 0 amide bonds. The van der Waals surface area contributed by atoms with Gasteiger partial charge in [0, 0.05) is 19.3 Å². The van der Waals surface area contributed by atoms with Crippen LogP contribution in [0.1, 0.15) is 24.2 Å². The van der Waals surface area contributed by atoms with E-state index in [-0.39, 0.29) is 41.9 Å². The lowest BCUT2D eigenvalue weighted by molar-refractivity contribution is -0.140. The zero-order valence-corrected chi connectivity index (χ0v) is 17.0. The first-order chi connectivity index (χ1) is 14.4. The molecule has 1 aliphatic rings. The van der Waals surface area contributed by atoms with Gasteiger partial charge in [0.15, 0.2) is 11.6 Å². The second kappa shape index (κ2) is 8.03. The lowest BCUT2D eigenvalue weighted by Gasteiger charge is -2.40. The number of carboxylic acid groups (broad SMARTS) is 1. The number of aromatic nitrogens is 1. The van der Waals surface area contributed by atoms with Crippen LogP contribution in [0.25, 0.3) is 10.9 Å². The van der Waals surface area contributed by atoms with Crippen LogP contribution < -0.4 is 15.1 Å². The molecule has 1 aromatic carbocycles. The molecule has 7 nitrogen and oxygen atoms in total. The lowest BCUT2D eigenvalue weighted by Crippen LogP contribution is -2.47. The van der Waals surface area contributed by atoms with Gasteiger partial charge in [0.2, 0.25) is 5.43 Å². The van der Waals surface area contributed by atoms with Gasteiger partial charge in [-0.25, -0.2) is 9.18 Å². The molecule has 1 saturated heterocycles. The van der Waals surface area contributed by atoms with Crippen molar-refractivity contribution in [1.29, 1.82) is 0 Å². The van der Waals surface area contributed by atoms with Crippen LogP contribution in [0.2, 0.25) is 0 Å². The number of nitrogens with zero attached hydrogens (tertiary/aromatic N) is 2.